The van der Waals surface area contributed by atoms with Crippen molar-refractivity contribution in [2.24, 2.45) is 9.98 Å². The van der Waals surface area contributed by atoms with Crippen molar-refractivity contribution in [2.45, 2.75) is 66.5 Å². The van der Waals surface area contributed by atoms with E-state index >= 15 is 0 Å². The highest BCUT2D eigenvalue weighted by molar-refractivity contribution is 6.15. The van der Waals surface area contributed by atoms with Crippen LogP contribution in [0.1, 0.15) is 69.7 Å². The van der Waals surface area contributed by atoms with Gasteiger partial charge in [0.25, 0.3) is 11.1 Å². The van der Waals surface area contributed by atoms with Gasteiger partial charge < -0.3 is 9.47 Å². The van der Waals surface area contributed by atoms with Crippen LogP contribution in [0.3, 0.4) is 0 Å². The molecule has 0 unspecified atom stereocenters. The highest BCUT2D eigenvalue weighted by Gasteiger charge is 2.27. The van der Waals surface area contributed by atoms with E-state index in [0.29, 0.717) is 46.8 Å². The smallest absolute Gasteiger partial charge is 0.331 e. The average Bonchev–Trinajstić information content (AvgIpc) is 3.85. The molecule has 70 heavy (non-hydrogen) atoms. The lowest BCUT2D eigenvalue weighted by molar-refractivity contribution is -0.145. The summed E-state index contributed by atoms with van der Waals surface area (Å²) in [5.41, 5.74) is 9.75. The number of carbonyl (C=O) groups is 2. The van der Waals surface area contributed by atoms with Gasteiger partial charge in [-0.15, -0.1) is 0 Å². The van der Waals surface area contributed by atoms with Crippen molar-refractivity contribution in [3.05, 3.63) is 246 Å². The molecule has 12 heteroatoms. The third-order valence-electron chi connectivity index (χ3n) is 11.5. The number of H-pyrrole nitrogens is 2. The van der Waals surface area contributed by atoms with E-state index in [1.165, 1.54) is 9.36 Å². The number of rotatable bonds is 16. The van der Waals surface area contributed by atoms with Crippen LogP contribution in [0.5, 0.6) is 0 Å². The van der Waals surface area contributed by atoms with Crippen molar-refractivity contribution in [3.8, 4) is 11.4 Å². The van der Waals surface area contributed by atoms with E-state index in [4.69, 9.17) is 19.5 Å². The van der Waals surface area contributed by atoms with Crippen LogP contribution in [0.2, 0.25) is 0 Å². The van der Waals surface area contributed by atoms with Crippen LogP contribution in [0, 0.1) is 27.7 Å². The Morgan fingerprint density at radius 1 is 0.471 bits per heavy atom. The minimum atomic E-state index is -0.799. The minimum Gasteiger partial charge on any atom is -0.464 e. The maximum absolute atomic E-state index is 13.6. The lowest BCUT2D eigenvalue weighted by atomic mass is 10.00. The second kappa shape index (κ2) is 23.6. The van der Waals surface area contributed by atoms with Gasteiger partial charge >= 0.3 is 11.9 Å². The molecular weight excluding hydrogens is 877 g/mol. The number of hydrogen-bond acceptors (Lipinski definition) is 8. The number of carbonyl (C=O) groups excluding carboxylic acids is 2. The normalized spacial score (nSPS) is 12.4. The zero-order chi connectivity index (χ0) is 49.6. The van der Waals surface area contributed by atoms with Gasteiger partial charge in [-0.3, -0.25) is 29.8 Å². The second-order valence-electron chi connectivity index (χ2n) is 16.8. The Morgan fingerprint density at radius 3 is 1.10 bits per heavy atom. The summed E-state index contributed by atoms with van der Waals surface area (Å²) in [7, 11) is 0. The highest BCUT2D eigenvalue weighted by Crippen LogP contribution is 2.20. The zero-order valence-electron chi connectivity index (χ0n) is 40.4. The molecule has 0 aliphatic rings. The zero-order valence-corrected chi connectivity index (χ0v) is 40.4. The number of ether oxygens (including phenoxy) is 2. The van der Waals surface area contributed by atoms with E-state index < -0.39 is 24.0 Å². The summed E-state index contributed by atoms with van der Waals surface area (Å²) in [6, 6.07) is 52.2. The molecule has 2 atom stereocenters. The van der Waals surface area contributed by atoms with Crippen molar-refractivity contribution in [1.29, 1.82) is 0 Å². The van der Waals surface area contributed by atoms with Crippen LogP contribution in [-0.4, -0.2) is 68.2 Å². The van der Waals surface area contributed by atoms with Crippen LogP contribution in [0.25, 0.3) is 11.4 Å². The molecule has 0 bridgehead atoms. The van der Waals surface area contributed by atoms with E-state index in [1.807, 2.05) is 198 Å². The van der Waals surface area contributed by atoms with Gasteiger partial charge in [0.05, 0.1) is 47.1 Å². The van der Waals surface area contributed by atoms with Crippen LogP contribution in [-0.2, 0) is 31.9 Å². The predicted molar refractivity (Wildman–Crippen MR) is 277 cm³/mol. The summed E-state index contributed by atoms with van der Waals surface area (Å²) in [5.74, 6) is -0.838. The predicted octanol–water partition coefficient (Wildman–Crippen LogP) is 9.59. The molecule has 6 aromatic carbocycles. The molecule has 0 aliphatic carbocycles. The number of nitrogens with one attached hydrogen (secondary N) is 2. The first-order valence-electron chi connectivity index (χ1n) is 23.4. The van der Waals surface area contributed by atoms with Crippen LogP contribution >= 0.6 is 0 Å². The number of nitrogens with zero attached hydrogens (tertiary/aromatic N) is 4. The van der Waals surface area contributed by atoms with Gasteiger partial charge in [-0.25, -0.2) is 19.0 Å². The molecule has 0 spiro atoms. The van der Waals surface area contributed by atoms with E-state index in [0.717, 1.165) is 44.8 Å². The van der Waals surface area contributed by atoms with Gasteiger partial charge in [-0.1, -0.05) is 157 Å². The van der Waals surface area contributed by atoms with Crippen LogP contribution < -0.4 is 11.1 Å². The Bertz CT molecular complexity index is 2950. The Morgan fingerprint density at radius 2 is 0.786 bits per heavy atom. The summed E-state index contributed by atoms with van der Waals surface area (Å²) in [6.07, 6.45) is 0.733. The van der Waals surface area contributed by atoms with Crippen molar-refractivity contribution in [2.75, 3.05) is 13.2 Å². The Balaban J connectivity index is 0.000000206. The van der Waals surface area contributed by atoms with E-state index in [2.05, 4.69) is 10.2 Å². The lowest BCUT2D eigenvalue weighted by Gasteiger charge is -2.15. The van der Waals surface area contributed by atoms with Crippen molar-refractivity contribution < 1.29 is 19.1 Å². The third kappa shape index (κ3) is 12.2. The largest absolute Gasteiger partial charge is 0.464 e. The molecule has 2 N–H and O–H groups in total. The summed E-state index contributed by atoms with van der Waals surface area (Å²) in [4.78, 5) is 63.0. The molecular formula is C58H58N6O6. The number of aromatic amines is 2. The van der Waals surface area contributed by atoms with Gasteiger partial charge in [0.1, 0.15) is 0 Å². The summed E-state index contributed by atoms with van der Waals surface area (Å²) in [6.45, 7) is 11.7. The number of benzene rings is 6. The Labute approximate surface area is 408 Å². The molecule has 12 nitrogen and oxygen atoms in total. The molecule has 8 rings (SSSR count). The molecule has 0 saturated heterocycles. The monoisotopic (exact) mass is 934 g/mol. The quantitative estimate of drug-likeness (QED) is 0.0727. The molecule has 0 fully saturated rings. The second-order valence-corrected chi connectivity index (χ2v) is 16.8. The number of para-hydroxylation sites is 2. The topological polar surface area (TPSA) is 153 Å². The van der Waals surface area contributed by atoms with Crippen LogP contribution in [0.15, 0.2) is 189 Å². The molecule has 0 aliphatic heterocycles. The number of aliphatic imine (C=N–C) groups is 2. The molecule has 356 valence electrons. The number of esters is 2. The van der Waals surface area contributed by atoms with E-state index in [9.17, 15) is 19.2 Å². The van der Waals surface area contributed by atoms with Gasteiger partial charge in [-0.05, 0) is 76.9 Å². The summed E-state index contributed by atoms with van der Waals surface area (Å²) < 4.78 is 13.7. The highest BCUT2D eigenvalue weighted by atomic mass is 16.5. The maximum atomic E-state index is 13.6. The molecule has 0 amide bonds. The third-order valence-corrected chi connectivity index (χ3v) is 11.5. The molecule has 2 heterocycles. The SMILES string of the molecule is CCOC(=O)[C@@H](Cc1ccccc1)N=C(c1ccc(C)cc1)c1c(C)[nH]n(-c2ccccc2)c1=O.CCOC(=O)[C@H](Cc1ccccc1)N=C(c1ccc(C)cc1)c1c(C)[nH]n(-c2ccccc2)c1=O. The summed E-state index contributed by atoms with van der Waals surface area (Å²) >= 11 is 0. The Hall–Kier alpha value is -8.38. The number of aryl methyl sites for hydroxylation is 4. The molecule has 0 saturated carbocycles. The molecule has 8 aromatic rings. The van der Waals surface area contributed by atoms with E-state index in [-0.39, 0.29) is 24.3 Å². The number of hydrogen-bond donors (Lipinski definition) is 2. The van der Waals surface area contributed by atoms with Crippen LogP contribution in [0.4, 0.5) is 0 Å². The first kappa shape index (κ1) is 49.5. The molecule has 2 aromatic heterocycles. The standard InChI is InChI=1S/2C29H29N3O3/c2*1-4-35-29(34)25(19-22-11-7-5-8-12-22)30-27(23-17-15-20(2)16-18-23)26-21(3)31-32(28(26)33)24-13-9-6-10-14-24/h2*5-18,25,31H,4,19H2,1-3H3/t2*25-/m10/s1. The fourth-order valence-corrected chi connectivity index (χ4v) is 7.99. The average molecular weight is 935 g/mol. The lowest BCUT2D eigenvalue weighted by Crippen LogP contribution is -2.28. The fourth-order valence-electron chi connectivity index (χ4n) is 7.99. The maximum Gasteiger partial charge on any atom is 0.331 e. The first-order valence-corrected chi connectivity index (χ1v) is 23.4. The first-order chi connectivity index (χ1) is 33.9. The van der Waals surface area contributed by atoms with Gasteiger partial charge in [-0.2, -0.15) is 0 Å². The van der Waals surface area contributed by atoms with Crippen molar-refractivity contribution >= 4 is 23.4 Å². The van der Waals surface area contributed by atoms with Gasteiger partial charge in [0.2, 0.25) is 0 Å². The number of aromatic nitrogens is 4. The summed E-state index contributed by atoms with van der Waals surface area (Å²) in [5, 5.41) is 6.35. The van der Waals surface area contributed by atoms with E-state index in [1.54, 1.807) is 13.8 Å². The van der Waals surface area contributed by atoms with Gasteiger partial charge in [0, 0.05) is 35.4 Å². The fraction of sp³-hybridized carbons (Fsp3) is 0.207. The van der Waals surface area contributed by atoms with Crippen molar-refractivity contribution in [3.63, 3.8) is 0 Å². The Kier molecular flexibility index (Phi) is 16.7. The van der Waals surface area contributed by atoms with Crippen molar-refractivity contribution in [1.82, 2.24) is 19.6 Å². The van der Waals surface area contributed by atoms with Gasteiger partial charge in [0.15, 0.2) is 12.1 Å². The minimum absolute atomic E-state index is 0.227. The molecule has 0 radical (unpaired) electrons.